The number of amides is 1. The predicted molar refractivity (Wildman–Crippen MR) is 107 cm³/mol. The molecule has 0 radical (unpaired) electrons. The molecule has 1 aliphatic rings. The molecule has 0 saturated carbocycles. The molecule has 0 aliphatic carbocycles. The first kappa shape index (κ1) is 19.0. The summed E-state index contributed by atoms with van der Waals surface area (Å²) >= 11 is 0. The second-order valence-corrected chi connectivity index (χ2v) is 7.82. The highest BCUT2D eigenvalue weighted by atomic mass is 32.3. The number of ether oxygens (including phenoxy) is 1. The number of nitrogens with one attached hydrogen (secondary N) is 2. The van der Waals surface area contributed by atoms with Crippen molar-refractivity contribution in [3.05, 3.63) is 59.7 Å². The highest BCUT2D eigenvalue weighted by Crippen LogP contribution is 2.46. The minimum Gasteiger partial charge on any atom is -0.470 e. The molecule has 2 aromatic carbocycles. The molecule has 9 heteroatoms. The van der Waals surface area contributed by atoms with E-state index in [9.17, 15) is 13.9 Å². The van der Waals surface area contributed by atoms with Crippen molar-refractivity contribution in [1.82, 2.24) is 5.32 Å². The molecule has 0 bridgehead atoms. The van der Waals surface area contributed by atoms with Crippen LogP contribution in [0.5, 0.6) is 5.75 Å². The van der Waals surface area contributed by atoms with Gasteiger partial charge in [0.05, 0.1) is 11.3 Å². The zero-order chi connectivity index (χ0) is 19.6. The van der Waals surface area contributed by atoms with E-state index in [0.717, 1.165) is 0 Å². The Balaban J connectivity index is 1.85. The number of nitrogens with zero attached hydrogens (tertiary/aromatic N) is 1. The standard InChI is InChI=1S/C18H22N4O4S/c1-11(2)18(20-17(23)12-7-4-3-5-8-12)26-14-10-6-9-13-15(14)16(19)22-27(24,25)21-13/h3-11,18,21,24-25H,1-2H3,(H2,19,22)(H,20,23). The Morgan fingerprint density at radius 1 is 1.19 bits per heavy atom. The molecule has 6 N–H and O–H groups in total. The molecule has 144 valence electrons. The molecule has 1 heterocycles. The van der Waals surface area contributed by atoms with E-state index >= 15 is 0 Å². The SMILES string of the molecule is CC(C)C(NC(=O)c1ccccc1)Oc1cccc2c1C(N)=NS(O)(O)N2. The van der Waals surface area contributed by atoms with Crippen LogP contribution in [-0.4, -0.2) is 27.1 Å². The van der Waals surface area contributed by atoms with Gasteiger partial charge in [-0.05, 0) is 35.2 Å². The van der Waals surface area contributed by atoms with Gasteiger partial charge in [-0.3, -0.25) is 18.6 Å². The van der Waals surface area contributed by atoms with Crippen LogP contribution in [-0.2, 0) is 0 Å². The van der Waals surface area contributed by atoms with Crippen molar-refractivity contribution in [3.63, 3.8) is 0 Å². The first-order valence-corrected chi connectivity index (χ1v) is 9.84. The smallest absolute Gasteiger partial charge is 0.254 e. The maximum atomic E-state index is 12.5. The molecular formula is C18H22N4O4S. The molecule has 2 aromatic rings. The van der Waals surface area contributed by atoms with Crippen molar-refractivity contribution in [1.29, 1.82) is 0 Å². The predicted octanol–water partition coefficient (Wildman–Crippen LogP) is 3.19. The molecule has 1 atom stereocenters. The van der Waals surface area contributed by atoms with Gasteiger partial charge in [0.1, 0.15) is 5.75 Å². The van der Waals surface area contributed by atoms with Gasteiger partial charge in [0, 0.05) is 11.5 Å². The summed E-state index contributed by atoms with van der Waals surface area (Å²) in [6.07, 6.45) is -0.626. The lowest BCUT2D eigenvalue weighted by Gasteiger charge is -2.34. The van der Waals surface area contributed by atoms with Crippen LogP contribution in [0.4, 0.5) is 5.69 Å². The fourth-order valence-corrected chi connectivity index (χ4v) is 3.48. The highest BCUT2D eigenvalue weighted by molar-refractivity contribution is 8.24. The van der Waals surface area contributed by atoms with Crippen LogP contribution in [0.15, 0.2) is 52.9 Å². The number of rotatable bonds is 5. The van der Waals surface area contributed by atoms with Gasteiger partial charge in [0.15, 0.2) is 12.1 Å². The van der Waals surface area contributed by atoms with Crippen molar-refractivity contribution in [2.75, 3.05) is 4.72 Å². The Morgan fingerprint density at radius 2 is 1.89 bits per heavy atom. The molecule has 1 amide bonds. The molecule has 27 heavy (non-hydrogen) atoms. The van der Waals surface area contributed by atoms with E-state index in [1.807, 2.05) is 19.9 Å². The summed E-state index contributed by atoms with van der Waals surface area (Å²) in [5, 5.41) is 2.86. The van der Waals surface area contributed by atoms with Crippen LogP contribution in [0.3, 0.4) is 0 Å². The second kappa shape index (κ2) is 7.47. The first-order chi connectivity index (χ1) is 12.8. The molecule has 3 rings (SSSR count). The highest BCUT2D eigenvalue weighted by Gasteiger charge is 2.27. The summed E-state index contributed by atoms with van der Waals surface area (Å²) in [5.41, 5.74) is 7.26. The Morgan fingerprint density at radius 3 is 2.56 bits per heavy atom. The third kappa shape index (κ3) is 4.33. The summed E-state index contributed by atoms with van der Waals surface area (Å²) in [7, 11) is -3.37. The van der Waals surface area contributed by atoms with Gasteiger partial charge in [0.25, 0.3) is 5.91 Å². The lowest BCUT2D eigenvalue weighted by Crippen LogP contribution is -2.43. The van der Waals surface area contributed by atoms with Gasteiger partial charge in [-0.25, -0.2) is 0 Å². The molecule has 0 aromatic heterocycles. The minimum absolute atomic E-state index is 0.0383. The van der Waals surface area contributed by atoms with E-state index in [-0.39, 0.29) is 17.7 Å². The van der Waals surface area contributed by atoms with Crippen molar-refractivity contribution in [3.8, 4) is 5.75 Å². The van der Waals surface area contributed by atoms with Crippen molar-refractivity contribution < 1.29 is 18.6 Å². The van der Waals surface area contributed by atoms with E-state index in [1.165, 1.54) is 0 Å². The number of anilines is 1. The quantitative estimate of drug-likeness (QED) is 0.499. The van der Waals surface area contributed by atoms with Gasteiger partial charge in [0.2, 0.25) is 0 Å². The maximum Gasteiger partial charge on any atom is 0.254 e. The van der Waals surface area contributed by atoms with E-state index in [0.29, 0.717) is 22.6 Å². The summed E-state index contributed by atoms with van der Waals surface area (Å²) in [6, 6.07) is 13.9. The number of carbonyl (C=O) groups is 1. The van der Waals surface area contributed by atoms with Crippen molar-refractivity contribution in [2.24, 2.45) is 16.0 Å². The van der Waals surface area contributed by atoms with Gasteiger partial charge >= 0.3 is 0 Å². The summed E-state index contributed by atoms with van der Waals surface area (Å²) in [4.78, 5) is 12.5. The Bertz CT molecular complexity index is 871. The number of hydrogen-bond acceptors (Lipinski definition) is 7. The molecule has 0 saturated heterocycles. The number of carbonyl (C=O) groups excluding carboxylic acids is 1. The van der Waals surface area contributed by atoms with Crippen LogP contribution in [0.1, 0.15) is 29.8 Å². The molecule has 0 fully saturated rings. The van der Waals surface area contributed by atoms with Gasteiger partial charge < -0.3 is 15.8 Å². The fraction of sp³-hybridized carbons (Fsp3) is 0.222. The largest absolute Gasteiger partial charge is 0.470 e. The van der Waals surface area contributed by atoms with E-state index in [4.69, 9.17) is 10.5 Å². The van der Waals surface area contributed by atoms with E-state index in [1.54, 1.807) is 42.5 Å². The fourth-order valence-electron chi connectivity index (χ4n) is 2.60. The molecular weight excluding hydrogens is 368 g/mol. The van der Waals surface area contributed by atoms with Crippen LogP contribution >= 0.6 is 11.0 Å². The molecule has 1 aliphatic heterocycles. The van der Waals surface area contributed by atoms with E-state index < -0.39 is 17.2 Å². The average molecular weight is 390 g/mol. The number of nitrogens with two attached hydrogens (primary N) is 1. The Hall–Kier alpha value is -2.75. The van der Waals surface area contributed by atoms with Crippen molar-refractivity contribution >= 4 is 28.4 Å². The van der Waals surface area contributed by atoms with Crippen molar-refractivity contribution in [2.45, 2.75) is 20.1 Å². The Kier molecular flexibility index (Phi) is 5.26. The van der Waals surface area contributed by atoms with Gasteiger partial charge in [-0.1, -0.05) is 38.1 Å². The van der Waals surface area contributed by atoms with Crippen LogP contribution < -0.4 is 20.5 Å². The lowest BCUT2D eigenvalue weighted by atomic mass is 10.1. The van der Waals surface area contributed by atoms with Gasteiger partial charge in [-0.2, -0.15) is 0 Å². The van der Waals surface area contributed by atoms with Crippen LogP contribution in [0.2, 0.25) is 0 Å². The van der Waals surface area contributed by atoms with Gasteiger partial charge in [-0.15, -0.1) is 4.40 Å². The first-order valence-electron chi connectivity index (χ1n) is 8.34. The number of benzene rings is 2. The third-order valence-corrected chi connectivity index (χ3v) is 4.87. The molecule has 1 unspecified atom stereocenters. The normalized spacial score (nSPS) is 17.1. The zero-order valence-corrected chi connectivity index (χ0v) is 15.7. The van der Waals surface area contributed by atoms with E-state index in [2.05, 4.69) is 14.4 Å². The van der Waals surface area contributed by atoms with Crippen LogP contribution in [0.25, 0.3) is 0 Å². The average Bonchev–Trinajstić information content (AvgIpc) is 2.60. The summed E-state index contributed by atoms with van der Waals surface area (Å²) < 4.78 is 31.8. The summed E-state index contributed by atoms with van der Waals surface area (Å²) in [5.74, 6) is 0.0381. The number of amidine groups is 1. The third-order valence-electron chi connectivity index (χ3n) is 3.92. The summed E-state index contributed by atoms with van der Waals surface area (Å²) in [6.45, 7) is 3.83. The topological polar surface area (TPSA) is 129 Å². The zero-order valence-electron chi connectivity index (χ0n) is 14.9. The number of fused-ring (bicyclic) bond motifs is 1. The Labute approximate surface area is 159 Å². The maximum absolute atomic E-state index is 12.5. The molecule has 8 nitrogen and oxygen atoms in total. The second-order valence-electron chi connectivity index (χ2n) is 6.40. The number of hydrogen-bond donors (Lipinski definition) is 5. The molecule has 0 spiro atoms. The van der Waals surface area contributed by atoms with Crippen LogP contribution in [0, 0.1) is 5.92 Å². The minimum atomic E-state index is -3.37. The lowest BCUT2D eigenvalue weighted by molar-refractivity contribution is 0.0735. The monoisotopic (exact) mass is 390 g/mol.